The van der Waals surface area contributed by atoms with Crippen molar-refractivity contribution in [3.8, 4) is 29.5 Å². The number of nitrogens with two attached hydrogens (primary N) is 1. The summed E-state index contributed by atoms with van der Waals surface area (Å²) in [6.07, 6.45) is 5.39. The Morgan fingerprint density at radius 1 is 1.11 bits per heavy atom. The van der Waals surface area contributed by atoms with Gasteiger partial charge in [0.2, 0.25) is 0 Å². The molecule has 1 aliphatic heterocycles. The van der Waals surface area contributed by atoms with Crippen LogP contribution in [0.2, 0.25) is 0 Å². The number of ether oxygens (including phenoxy) is 2. The number of rotatable bonds is 6. The van der Waals surface area contributed by atoms with E-state index < -0.39 is 0 Å². The molecule has 0 amide bonds. The average Bonchev–Trinajstić information content (AvgIpc) is 3.30. The molecule has 5 rings (SSSR count). The first kappa shape index (κ1) is 23.9. The summed E-state index contributed by atoms with van der Waals surface area (Å²) < 4.78 is 26.7. The summed E-state index contributed by atoms with van der Waals surface area (Å²) in [6, 6.07) is 13.4. The van der Waals surface area contributed by atoms with Crippen molar-refractivity contribution in [2.75, 3.05) is 25.4 Å². The molecule has 2 N–H and O–H groups in total. The van der Waals surface area contributed by atoms with Gasteiger partial charge >= 0.3 is 0 Å². The van der Waals surface area contributed by atoms with Crippen LogP contribution in [0.15, 0.2) is 54.9 Å². The molecule has 4 aromatic rings. The first-order valence-corrected chi connectivity index (χ1v) is 11.8. The Morgan fingerprint density at radius 3 is 2.78 bits per heavy atom. The maximum atomic E-state index is 13.4. The van der Waals surface area contributed by atoms with Gasteiger partial charge in [0.25, 0.3) is 0 Å². The molecule has 2 aromatic heterocycles. The largest absolute Gasteiger partial charge is 0.489 e. The second-order valence-electron chi connectivity index (χ2n) is 8.58. The molecule has 37 heavy (non-hydrogen) atoms. The van der Waals surface area contributed by atoms with E-state index in [1.165, 1.54) is 18.5 Å². The molecule has 186 valence electrons. The van der Waals surface area contributed by atoms with Crippen LogP contribution in [-0.4, -0.2) is 44.3 Å². The van der Waals surface area contributed by atoms with E-state index in [0.29, 0.717) is 40.6 Å². The lowest BCUT2D eigenvalue weighted by Gasteiger charge is -2.28. The highest BCUT2D eigenvalue weighted by Crippen LogP contribution is 2.28. The minimum Gasteiger partial charge on any atom is -0.489 e. The number of anilines is 1. The highest BCUT2D eigenvalue weighted by molar-refractivity contribution is 5.90. The second kappa shape index (κ2) is 10.8. The summed E-state index contributed by atoms with van der Waals surface area (Å²) in [7, 11) is 0. The molecule has 1 fully saturated rings. The van der Waals surface area contributed by atoms with Gasteiger partial charge < -0.3 is 20.1 Å². The van der Waals surface area contributed by atoms with E-state index in [0.717, 1.165) is 24.9 Å². The van der Waals surface area contributed by atoms with Crippen LogP contribution in [0, 0.1) is 29.1 Å². The van der Waals surface area contributed by atoms with Gasteiger partial charge in [0.05, 0.1) is 18.0 Å². The lowest BCUT2D eigenvalue weighted by Crippen LogP contribution is -2.33. The molecule has 0 aliphatic carbocycles. The van der Waals surface area contributed by atoms with Crippen molar-refractivity contribution in [1.29, 1.82) is 5.26 Å². The van der Waals surface area contributed by atoms with E-state index >= 15 is 0 Å². The minimum absolute atomic E-state index is 0.00730. The van der Waals surface area contributed by atoms with Crippen LogP contribution >= 0.6 is 0 Å². The average molecular weight is 498 g/mol. The summed E-state index contributed by atoms with van der Waals surface area (Å²) in [5.41, 5.74) is 7.95. The first-order chi connectivity index (χ1) is 18.1. The summed E-state index contributed by atoms with van der Waals surface area (Å²) in [5.74, 6) is 7.21. The van der Waals surface area contributed by atoms with Crippen molar-refractivity contribution in [1.82, 2.24) is 24.6 Å². The Bertz CT molecular complexity index is 1520. The summed E-state index contributed by atoms with van der Waals surface area (Å²) in [4.78, 5) is 10.2. The van der Waals surface area contributed by atoms with Gasteiger partial charge in [-0.1, -0.05) is 24.1 Å². The van der Waals surface area contributed by atoms with Crippen molar-refractivity contribution in [3.05, 3.63) is 71.9 Å². The number of nitrogens with zero attached hydrogens (tertiary/aromatic N) is 6. The van der Waals surface area contributed by atoms with E-state index in [1.807, 2.05) is 6.07 Å². The summed E-state index contributed by atoms with van der Waals surface area (Å²) in [6.45, 7) is 1.66. The van der Waals surface area contributed by atoms with Gasteiger partial charge in [-0.3, -0.25) is 0 Å². The Morgan fingerprint density at radius 2 is 1.95 bits per heavy atom. The highest BCUT2D eigenvalue weighted by Gasteiger charge is 2.25. The lowest BCUT2D eigenvalue weighted by molar-refractivity contribution is 0.236. The fourth-order valence-corrected chi connectivity index (χ4v) is 4.27. The number of hydrogen-bond acceptors (Lipinski definition) is 8. The number of nitriles is 1. The third-order valence-electron chi connectivity index (χ3n) is 6.02. The third-order valence-corrected chi connectivity index (χ3v) is 6.02. The number of fused-ring (bicyclic) bond motifs is 1. The van der Waals surface area contributed by atoms with Crippen molar-refractivity contribution in [2.24, 2.45) is 0 Å². The second-order valence-corrected chi connectivity index (χ2v) is 8.58. The zero-order valence-electron chi connectivity index (χ0n) is 20.0. The van der Waals surface area contributed by atoms with E-state index in [1.54, 1.807) is 39.9 Å². The van der Waals surface area contributed by atoms with Gasteiger partial charge in [-0.15, -0.1) is 0 Å². The van der Waals surface area contributed by atoms with Crippen LogP contribution in [0.3, 0.4) is 0 Å². The maximum absolute atomic E-state index is 13.4. The fraction of sp³-hybridized carbons (Fsp3) is 0.259. The van der Waals surface area contributed by atoms with Gasteiger partial charge in [0.15, 0.2) is 11.8 Å². The Hall–Kier alpha value is -4.83. The predicted molar refractivity (Wildman–Crippen MR) is 135 cm³/mol. The van der Waals surface area contributed by atoms with Crippen molar-refractivity contribution < 1.29 is 13.9 Å². The molecule has 1 atom stereocenters. The van der Waals surface area contributed by atoms with Crippen LogP contribution in [0.1, 0.15) is 30.1 Å². The Labute approximate surface area is 213 Å². The van der Waals surface area contributed by atoms with E-state index in [4.69, 9.17) is 15.2 Å². The van der Waals surface area contributed by atoms with Gasteiger partial charge in [0, 0.05) is 12.6 Å². The van der Waals surface area contributed by atoms with Crippen LogP contribution in [0.4, 0.5) is 10.2 Å². The molecule has 10 heteroatoms. The van der Waals surface area contributed by atoms with E-state index in [2.05, 4.69) is 33.1 Å². The Kier molecular flexibility index (Phi) is 7.00. The molecule has 2 aromatic carbocycles. The normalized spacial score (nSPS) is 15.0. The molecule has 9 nitrogen and oxygen atoms in total. The molecule has 1 saturated heterocycles. The molecule has 1 aliphatic rings. The standard InChI is InChI=1S/C27H24FN7O2/c28-20-6-1-5-19(13-20)16-37-23-9-2-8-22(14-23)36-12-4-10-24-25-26(30)31-18-32-27(25)35(33-24)21-7-3-11-34(15-21)17-29/h1-2,5-6,8-9,13-14,18,21H,3,7,11-12,15-16H2,(H2,30,31,32)/t21-/m1/s1. The lowest BCUT2D eigenvalue weighted by atomic mass is 10.1. The number of benzene rings is 2. The monoisotopic (exact) mass is 497 g/mol. The highest BCUT2D eigenvalue weighted by atomic mass is 19.1. The molecule has 0 saturated carbocycles. The number of aromatic nitrogens is 4. The minimum atomic E-state index is -0.300. The molecular weight excluding hydrogens is 473 g/mol. The topological polar surface area (TPSA) is 115 Å². The molecule has 0 radical (unpaired) electrons. The quantitative estimate of drug-likeness (QED) is 0.317. The van der Waals surface area contributed by atoms with Crippen LogP contribution in [-0.2, 0) is 6.61 Å². The number of halogens is 1. The number of piperidine rings is 1. The van der Waals surface area contributed by atoms with E-state index in [-0.39, 0.29) is 25.1 Å². The van der Waals surface area contributed by atoms with Crippen molar-refractivity contribution in [2.45, 2.75) is 25.5 Å². The third kappa shape index (κ3) is 5.54. The maximum Gasteiger partial charge on any atom is 0.179 e. The number of likely N-dealkylation sites (tertiary alicyclic amines) is 1. The SMILES string of the molecule is N#CN1CCC[C@@H](n2nc(C#CCOc3cccc(OCc4cccc(F)c4)c3)c3c(N)ncnc32)C1. The summed E-state index contributed by atoms with van der Waals surface area (Å²) in [5, 5.41) is 14.6. The number of nitrogen functional groups attached to an aromatic ring is 1. The smallest absolute Gasteiger partial charge is 0.179 e. The molecule has 0 bridgehead atoms. The summed E-state index contributed by atoms with van der Waals surface area (Å²) >= 11 is 0. The molecule has 3 heterocycles. The van der Waals surface area contributed by atoms with Crippen LogP contribution in [0.5, 0.6) is 11.5 Å². The molecular formula is C27H24FN7O2. The first-order valence-electron chi connectivity index (χ1n) is 11.8. The Balaban J connectivity index is 1.28. The number of hydrogen-bond donors (Lipinski definition) is 1. The van der Waals surface area contributed by atoms with Gasteiger partial charge in [0.1, 0.15) is 48.4 Å². The molecule has 0 spiro atoms. The molecule has 0 unspecified atom stereocenters. The fourth-order valence-electron chi connectivity index (χ4n) is 4.27. The van der Waals surface area contributed by atoms with Crippen LogP contribution in [0.25, 0.3) is 11.0 Å². The zero-order valence-corrected chi connectivity index (χ0v) is 20.0. The van der Waals surface area contributed by atoms with Crippen molar-refractivity contribution >= 4 is 16.9 Å². The van der Waals surface area contributed by atoms with Crippen LogP contribution < -0.4 is 15.2 Å². The van der Waals surface area contributed by atoms with Gasteiger partial charge in [-0.25, -0.2) is 19.0 Å². The zero-order chi connectivity index (χ0) is 25.6. The van der Waals surface area contributed by atoms with E-state index in [9.17, 15) is 9.65 Å². The predicted octanol–water partition coefficient (Wildman–Crippen LogP) is 3.68. The van der Waals surface area contributed by atoms with Crippen molar-refractivity contribution in [3.63, 3.8) is 0 Å². The van der Waals surface area contributed by atoms with Gasteiger partial charge in [-0.2, -0.15) is 10.4 Å². The van der Waals surface area contributed by atoms with Gasteiger partial charge in [-0.05, 0) is 48.6 Å².